The van der Waals surface area contributed by atoms with Crippen LogP contribution in [0.1, 0.15) is 35.8 Å². The van der Waals surface area contributed by atoms with Gasteiger partial charge in [-0.2, -0.15) is 4.98 Å². The van der Waals surface area contributed by atoms with Crippen molar-refractivity contribution in [2.45, 2.75) is 32.4 Å². The van der Waals surface area contributed by atoms with Crippen LogP contribution in [0.5, 0.6) is 0 Å². The summed E-state index contributed by atoms with van der Waals surface area (Å²) in [6.45, 7) is 1.47. The molecule has 2 amide bonds. The van der Waals surface area contributed by atoms with Crippen molar-refractivity contribution in [2.24, 2.45) is 0 Å². The number of aliphatic carboxylic acids is 2. The fraction of sp³-hybridized carbons (Fsp3) is 0.227. The van der Waals surface area contributed by atoms with Crippen molar-refractivity contribution >= 4 is 52.2 Å². The maximum Gasteiger partial charge on any atom is 0.326 e. The molecule has 2 aromatic heterocycles. The number of hydrogen-bond donors (Lipinski definition) is 5. The highest BCUT2D eigenvalue weighted by molar-refractivity contribution is 5.98. The minimum Gasteiger partial charge on any atom is -0.481 e. The number of nitrogen functional groups attached to an aromatic ring is 2. The fourth-order valence-corrected chi connectivity index (χ4v) is 3.29. The topological polar surface area (TPSA) is 215 Å². The smallest absolute Gasteiger partial charge is 0.326 e. The molecule has 1 atom stereocenters. The van der Waals surface area contributed by atoms with Crippen LogP contribution >= 0.6 is 0 Å². The number of nitrogens with one attached hydrogen (secondary N) is 1. The molecular formula is C22H23N7O6. The summed E-state index contributed by atoms with van der Waals surface area (Å²) in [5.41, 5.74) is 13.4. The van der Waals surface area contributed by atoms with Crippen molar-refractivity contribution in [1.29, 1.82) is 0 Å². The van der Waals surface area contributed by atoms with Crippen molar-refractivity contribution in [1.82, 2.24) is 20.3 Å². The molecule has 3 rings (SSSR count). The molecule has 0 aliphatic carbocycles. The Labute approximate surface area is 198 Å². The molecule has 3 aromatic rings. The van der Waals surface area contributed by atoms with E-state index in [0.29, 0.717) is 22.4 Å². The summed E-state index contributed by atoms with van der Waals surface area (Å²) in [4.78, 5) is 60.6. The van der Waals surface area contributed by atoms with E-state index < -0.39 is 30.3 Å². The highest BCUT2D eigenvalue weighted by Crippen LogP contribution is 2.21. The first kappa shape index (κ1) is 24.8. The Bertz CT molecular complexity index is 1300. The molecule has 2 heterocycles. The average Bonchev–Trinajstić information content (AvgIpc) is 2.79. The van der Waals surface area contributed by atoms with Crippen molar-refractivity contribution in [2.75, 3.05) is 16.4 Å². The monoisotopic (exact) mass is 481 g/mol. The minimum atomic E-state index is -1.35. The third-order valence-electron chi connectivity index (χ3n) is 5.04. The Morgan fingerprint density at radius 1 is 1.00 bits per heavy atom. The lowest BCUT2D eigenvalue weighted by molar-refractivity contribution is -0.140. The van der Waals surface area contributed by atoms with Crippen LogP contribution in [0, 0.1) is 0 Å². The average molecular weight is 481 g/mol. The number of nitrogens with two attached hydrogens (primary N) is 2. The van der Waals surface area contributed by atoms with Crippen molar-refractivity contribution in [3.8, 4) is 0 Å². The summed E-state index contributed by atoms with van der Waals surface area (Å²) in [6, 6.07) is 7.91. The summed E-state index contributed by atoms with van der Waals surface area (Å²) in [7, 11) is 0. The van der Waals surface area contributed by atoms with E-state index in [-0.39, 0.29) is 36.2 Å². The van der Waals surface area contributed by atoms with Gasteiger partial charge in [0, 0.05) is 24.6 Å². The van der Waals surface area contributed by atoms with Crippen LogP contribution in [-0.2, 0) is 20.9 Å². The fourth-order valence-electron chi connectivity index (χ4n) is 3.29. The van der Waals surface area contributed by atoms with Crippen LogP contribution in [0.3, 0.4) is 0 Å². The number of hydrogen-bond acceptors (Lipinski definition) is 9. The summed E-state index contributed by atoms with van der Waals surface area (Å²) in [5, 5.41) is 20.3. The molecule has 0 bridgehead atoms. The second-order valence-corrected chi connectivity index (χ2v) is 7.59. The summed E-state index contributed by atoms with van der Waals surface area (Å²) in [5.74, 6) is -3.34. The molecule has 0 fully saturated rings. The largest absolute Gasteiger partial charge is 0.481 e. The number of nitrogens with zero attached hydrogens (tertiary/aromatic N) is 4. The molecule has 13 nitrogen and oxygen atoms in total. The van der Waals surface area contributed by atoms with Gasteiger partial charge in [-0.05, 0) is 42.8 Å². The summed E-state index contributed by atoms with van der Waals surface area (Å²) in [6.07, 6.45) is -0.661. The van der Waals surface area contributed by atoms with Crippen LogP contribution in [0.25, 0.3) is 11.0 Å². The maximum absolute atomic E-state index is 12.4. The SMILES string of the molecule is CC(=O)N(Cc1ccc2nc(N)nc(N)c2n1)c1ccc(C(=O)N[C@@H](CCC(=O)O)C(=O)O)cc1. The summed E-state index contributed by atoms with van der Waals surface area (Å²) < 4.78 is 0. The van der Waals surface area contributed by atoms with Crippen molar-refractivity contribution in [3.63, 3.8) is 0 Å². The van der Waals surface area contributed by atoms with Gasteiger partial charge >= 0.3 is 11.9 Å². The number of rotatable bonds is 9. The van der Waals surface area contributed by atoms with Crippen molar-refractivity contribution in [3.05, 3.63) is 47.7 Å². The Kier molecular flexibility index (Phi) is 7.39. The number of benzene rings is 1. The van der Waals surface area contributed by atoms with E-state index in [4.69, 9.17) is 16.6 Å². The Hall–Kier alpha value is -4.81. The van der Waals surface area contributed by atoms with Gasteiger partial charge < -0.3 is 31.9 Å². The molecule has 0 spiro atoms. The van der Waals surface area contributed by atoms with E-state index in [1.54, 1.807) is 12.1 Å². The molecule has 7 N–H and O–H groups in total. The van der Waals surface area contributed by atoms with Gasteiger partial charge in [-0.3, -0.25) is 14.4 Å². The molecule has 0 saturated heterocycles. The van der Waals surface area contributed by atoms with Crippen LogP contribution in [0.15, 0.2) is 36.4 Å². The van der Waals surface area contributed by atoms with Gasteiger partial charge in [0.15, 0.2) is 5.82 Å². The second kappa shape index (κ2) is 10.4. The van der Waals surface area contributed by atoms with Gasteiger partial charge in [-0.15, -0.1) is 0 Å². The molecule has 0 unspecified atom stereocenters. The van der Waals surface area contributed by atoms with Crippen molar-refractivity contribution < 1.29 is 29.4 Å². The Balaban J connectivity index is 1.77. The number of pyridine rings is 1. The van der Waals surface area contributed by atoms with Gasteiger partial charge in [-0.25, -0.2) is 14.8 Å². The van der Waals surface area contributed by atoms with Crippen LogP contribution in [0.2, 0.25) is 0 Å². The van der Waals surface area contributed by atoms with Gasteiger partial charge in [-0.1, -0.05) is 0 Å². The lowest BCUT2D eigenvalue weighted by Crippen LogP contribution is -2.41. The zero-order valence-corrected chi connectivity index (χ0v) is 18.6. The molecule has 0 aliphatic heterocycles. The first-order chi connectivity index (χ1) is 16.5. The molecule has 1 aromatic carbocycles. The number of carboxylic acids is 2. The molecule has 0 radical (unpaired) electrons. The number of carboxylic acid groups (broad SMARTS) is 2. The number of fused-ring (bicyclic) bond motifs is 1. The molecular weight excluding hydrogens is 458 g/mol. The molecule has 182 valence electrons. The predicted octanol–water partition coefficient (Wildman–Crippen LogP) is 0.790. The standard InChI is InChI=1S/C22H23N7O6/c1-11(30)29(10-13-4-7-15-18(25-13)19(23)28-22(24)27-15)14-5-2-12(3-6-14)20(33)26-16(21(34)35)8-9-17(31)32/h2-7,16H,8-10H2,1H3,(H,26,33)(H,31,32)(H,34,35)(H4,23,24,27,28)/t16-/m0/s1. The van der Waals surface area contributed by atoms with E-state index in [2.05, 4.69) is 20.3 Å². The Morgan fingerprint density at radius 3 is 2.29 bits per heavy atom. The quantitative estimate of drug-likeness (QED) is 0.288. The van der Waals surface area contributed by atoms with Crippen LogP contribution in [-0.4, -0.2) is 55.0 Å². The third kappa shape index (κ3) is 6.16. The number of aromatic nitrogens is 3. The van der Waals surface area contributed by atoms with Crippen LogP contribution in [0.4, 0.5) is 17.5 Å². The predicted molar refractivity (Wildman–Crippen MR) is 125 cm³/mol. The Morgan fingerprint density at radius 2 is 1.69 bits per heavy atom. The first-order valence-electron chi connectivity index (χ1n) is 10.4. The normalized spacial score (nSPS) is 11.6. The van der Waals surface area contributed by atoms with Crippen LogP contribution < -0.4 is 21.7 Å². The molecule has 35 heavy (non-hydrogen) atoms. The number of carbonyl (C=O) groups excluding carboxylic acids is 2. The van der Waals surface area contributed by atoms with Gasteiger partial charge in [0.25, 0.3) is 5.91 Å². The lowest BCUT2D eigenvalue weighted by atomic mass is 10.1. The zero-order chi connectivity index (χ0) is 25.7. The van der Waals surface area contributed by atoms with Gasteiger partial charge in [0.05, 0.1) is 17.8 Å². The maximum atomic E-state index is 12.4. The molecule has 0 saturated carbocycles. The van der Waals surface area contributed by atoms with E-state index in [1.807, 2.05) is 0 Å². The highest BCUT2D eigenvalue weighted by atomic mass is 16.4. The molecule has 13 heteroatoms. The third-order valence-corrected chi connectivity index (χ3v) is 5.04. The lowest BCUT2D eigenvalue weighted by Gasteiger charge is -2.21. The van der Waals surface area contributed by atoms with E-state index in [1.165, 1.54) is 36.1 Å². The van der Waals surface area contributed by atoms with E-state index in [9.17, 15) is 24.3 Å². The zero-order valence-electron chi connectivity index (χ0n) is 18.6. The summed E-state index contributed by atoms with van der Waals surface area (Å²) >= 11 is 0. The van der Waals surface area contributed by atoms with Gasteiger partial charge in [0.2, 0.25) is 11.9 Å². The number of anilines is 3. The van der Waals surface area contributed by atoms with E-state index >= 15 is 0 Å². The molecule has 0 aliphatic rings. The number of amides is 2. The van der Waals surface area contributed by atoms with Gasteiger partial charge in [0.1, 0.15) is 11.6 Å². The minimum absolute atomic E-state index is 0.0237. The van der Waals surface area contributed by atoms with E-state index in [0.717, 1.165) is 0 Å². The number of carbonyl (C=O) groups is 4. The highest BCUT2D eigenvalue weighted by Gasteiger charge is 2.22. The second-order valence-electron chi connectivity index (χ2n) is 7.59. The first-order valence-corrected chi connectivity index (χ1v) is 10.4.